The number of fused-ring (bicyclic) bond motifs is 1. The van der Waals surface area contributed by atoms with Crippen LogP contribution in [0.15, 0.2) is 18.2 Å². The van der Waals surface area contributed by atoms with Crippen molar-refractivity contribution in [3.8, 4) is 0 Å². The topological polar surface area (TPSA) is 43.8 Å². The van der Waals surface area contributed by atoms with Gasteiger partial charge in [-0.3, -0.25) is 0 Å². The van der Waals surface area contributed by atoms with E-state index in [1.54, 1.807) is 0 Å². The highest BCUT2D eigenvalue weighted by Gasteiger charge is 2.15. The maximum atomic E-state index is 6.27. The van der Waals surface area contributed by atoms with Gasteiger partial charge in [0.25, 0.3) is 0 Å². The number of halogens is 1. The first-order valence-electron chi connectivity index (χ1n) is 6.54. The summed E-state index contributed by atoms with van der Waals surface area (Å²) in [5, 5.41) is 0.772. The maximum absolute atomic E-state index is 6.27. The van der Waals surface area contributed by atoms with Crippen molar-refractivity contribution in [1.82, 2.24) is 9.55 Å². The van der Waals surface area contributed by atoms with Gasteiger partial charge in [0, 0.05) is 13.0 Å². The molecular formula is C14H20ClN3. The third-order valence-corrected chi connectivity index (χ3v) is 3.80. The highest BCUT2D eigenvalue weighted by atomic mass is 35.5. The Labute approximate surface area is 113 Å². The van der Waals surface area contributed by atoms with E-state index >= 15 is 0 Å². The second kappa shape index (κ2) is 5.72. The number of aromatic nitrogens is 2. The molecule has 0 aliphatic heterocycles. The molecule has 1 aromatic carbocycles. The maximum Gasteiger partial charge on any atom is 0.110 e. The standard InChI is InChI=1S/C14H20ClN3/c1-3-10(9-16)8-13-17-12-7-5-6-11(15)14(12)18(13)4-2/h5-7,10H,3-4,8-9,16H2,1-2H3. The van der Waals surface area contributed by atoms with Crippen molar-refractivity contribution in [3.63, 3.8) is 0 Å². The van der Waals surface area contributed by atoms with Crippen LogP contribution in [0.25, 0.3) is 11.0 Å². The fraction of sp³-hybridized carbons (Fsp3) is 0.500. The molecule has 1 unspecified atom stereocenters. The molecule has 1 aromatic heterocycles. The molecule has 0 radical (unpaired) electrons. The smallest absolute Gasteiger partial charge is 0.110 e. The van der Waals surface area contributed by atoms with E-state index in [4.69, 9.17) is 22.3 Å². The number of aryl methyl sites for hydroxylation is 1. The van der Waals surface area contributed by atoms with Gasteiger partial charge in [-0.1, -0.05) is 31.0 Å². The third kappa shape index (κ3) is 2.38. The molecule has 0 bridgehead atoms. The quantitative estimate of drug-likeness (QED) is 0.902. The molecule has 0 fully saturated rings. The van der Waals surface area contributed by atoms with Crippen LogP contribution >= 0.6 is 11.6 Å². The number of imidazole rings is 1. The second-order valence-corrected chi connectivity index (χ2v) is 5.00. The van der Waals surface area contributed by atoms with Crippen LogP contribution in [0, 0.1) is 5.92 Å². The number of nitrogens with two attached hydrogens (primary N) is 1. The predicted molar refractivity (Wildman–Crippen MR) is 77.0 cm³/mol. The molecule has 0 aliphatic carbocycles. The fourth-order valence-corrected chi connectivity index (χ4v) is 2.61. The number of para-hydroxylation sites is 1. The molecule has 2 N–H and O–H groups in total. The molecule has 2 aromatic rings. The zero-order valence-corrected chi connectivity index (χ0v) is 11.7. The lowest BCUT2D eigenvalue weighted by Gasteiger charge is -2.13. The molecule has 0 saturated carbocycles. The Morgan fingerprint density at radius 2 is 2.17 bits per heavy atom. The molecule has 0 amide bonds. The summed E-state index contributed by atoms with van der Waals surface area (Å²) in [7, 11) is 0. The van der Waals surface area contributed by atoms with E-state index in [-0.39, 0.29) is 0 Å². The van der Waals surface area contributed by atoms with Gasteiger partial charge in [-0.15, -0.1) is 0 Å². The number of rotatable bonds is 5. The van der Waals surface area contributed by atoms with E-state index < -0.39 is 0 Å². The molecule has 0 spiro atoms. The van der Waals surface area contributed by atoms with Gasteiger partial charge in [-0.25, -0.2) is 4.98 Å². The molecule has 0 saturated heterocycles. The van der Waals surface area contributed by atoms with Crippen LogP contribution in [0.5, 0.6) is 0 Å². The largest absolute Gasteiger partial charge is 0.330 e. The van der Waals surface area contributed by atoms with Crippen LogP contribution in [0.1, 0.15) is 26.1 Å². The minimum Gasteiger partial charge on any atom is -0.330 e. The van der Waals surface area contributed by atoms with Gasteiger partial charge in [0.2, 0.25) is 0 Å². The van der Waals surface area contributed by atoms with E-state index in [0.29, 0.717) is 12.5 Å². The van der Waals surface area contributed by atoms with Crippen molar-refractivity contribution < 1.29 is 0 Å². The van der Waals surface area contributed by atoms with E-state index in [2.05, 4.69) is 18.4 Å². The van der Waals surface area contributed by atoms with E-state index in [0.717, 1.165) is 41.3 Å². The normalized spacial score (nSPS) is 13.1. The Bertz CT molecular complexity index is 529. The van der Waals surface area contributed by atoms with Gasteiger partial charge in [-0.2, -0.15) is 0 Å². The molecule has 4 heteroatoms. The summed E-state index contributed by atoms with van der Waals surface area (Å²) in [6.45, 7) is 5.88. The Balaban J connectivity index is 2.47. The Morgan fingerprint density at radius 3 is 2.78 bits per heavy atom. The third-order valence-electron chi connectivity index (χ3n) is 3.49. The van der Waals surface area contributed by atoms with Crippen LogP contribution in [-0.2, 0) is 13.0 Å². The zero-order chi connectivity index (χ0) is 13.1. The van der Waals surface area contributed by atoms with Gasteiger partial charge >= 0.3 is 0 Å². The Kier molecular flexibility index (Phi) is 4.25. The summed E-state index contributed by atoms with van der Waals surface area (Å²) in [6.07, 6.45) is 2.00. The van der Waals surface area contributed by atoms with Gasteiger partial charge in [0.1, 0.15) is 5.82 Å². The summed E-state index contributed by atoms with van der Waals surface area (Å²) in [6, 6.07) is 5.88. The summed E-state index contributed by atoms with van der Waals surface area (Å²) < 4.78 is 2.20. The number of benzene rings is 1. The minimum absolute atomic E-state index is 0.492. The van der Waals surface area contributed by atoms with Gasteiger partial charge < -0.3 is 10.3 Å². The molecule has 2 rings (SSSR count). The average Bonchev–Trinajstić information content (AvgIpc) is 2.74. The van der Waals surface area contributed by atoms with Gasteiger partial charge in [-0.05, 0) is 31.5 Å². The van der Waals surface area contributed by atoms with Crippen LogP contribution < -0.4 is 5.73 Å². The lowest BCUT2D eigenvalue weighted by molar-refractivity contribution is 0.494. The van der Waals surface area contributed by atoms with Crippen LogP contribution in [0.3, 0.4) is 0 Å². The van der Waals surface area contributed by atoms with E-state index in [9.17, 15) is 0 Å². The molecule has 18 heavy (non-hydrogen) atoms. The highest BCUT2D eigenvalue weighted by molar-refractivity contribution is 6.35. The number of hydrogen-bond donors (Lipinski definition) is 1. The first-order valence-corrected chi connectivity index (χ1v) is 6.92. The van der Waals surface area contributed by atoms with E-state index in [1.165, 1.54) is 0 Å². The van der Waals surface area contributed by atoms with Gasteiger partial charge in [0.15, 0.2) is 0 Å². The lowest BCUT2D eigenvalue weighted by Crippen LogP contribution is -2.18. The molecule has 1 atom stereocenters. The summed E-state index contributed by atoms with van der Waals surface area (Å²) in [5.74, 6) is 1.59. The molecule has 98 valence electrons. The molecule has 3 nitrogen and oxygen atoms in total. The Morgan fingerprint density at radius 1 is 1.39 bits per heavy atom. The molecule has 0 aliphatic rings. The highest BCUT2D eigenvalue weighted by Crippen LogP contribution is 2.25. The van der Waals surface area contributed by atoms with Crippen molar-refractivity contribution >= 4 is 22.6 Å². The number of nitrogens with zero attached hydrogens (tertiary/aromatic N) is 2. The van der Waals surface area contributed by atoms with Crippen molar-refractivity contribution in [2.75, 3.05) is 6.54 Å². The first-order chi connectivity index (χ1) is 8.71. The lowest BCUT2D eigenvalue weighted by atomic mass is 10.0. The van der Waals surface area contributed by atoms with Crippen molar-refractivity contribution in [2.24, 2.45) is 11.7 Å². The summed E-state index contributed by atoms with van der Waals surface area (Å²) >= 11 is 6.27. The van der Waals surface area contributed by atoms with Crippen LogP contribution in [-0.4, -0.2) is 16.1 Å². The Hall–Kier alpha value is -1.06. The van der Waals surface area contributed by atoms with Crippen molar-refractivity contribution in [1.29, 1.82) is 0 Å². The van der Waals surface area contributed by atoms with Crippen LogP contribution in [0.2, 0.25) is 5.02 Å². The second-order valence-electron chi connectivity index (χ2n) is 4.59. The number of hydrogen-bond acceptors (Lipinski definition) is 2. The summed E-state index contributed by atoms with van der Waals surface area (Å²) in [4.78, 5) is 4.70. The SMILES string of the molecule is CCC(CN)Cc1nc2cccc(Cl)c2n1CC. The predicted octanol–water partition coefficient (Wildman–Crippen LogP) is 3.24. The van der Waals surface area contributed by atoms with Gasteiger partial charge in [0.05, 0.1) is 16.1 Å². The first kappa shape index (κ1) is 13.4. The fourth-order valence-electron chi connectivity index (χ4n) is 2.34. The minimum atomic E-state index is 0.492. The molecular weight excluding hydrogens is 246 g/mol. The van der Waals surface area contributed by atoms with E-state index in [1.807, 2.05) is 18.2 Å². The summed E-state index contributed by atoms with van der Waals surface area (Å²) in [5.41, 5.74) is 7.81. The average molecular weight is 266 g/mol. The van der Waals surface area contributed by atoms with Crippen molar-refractivity contribution in [2.45, 2.75) is 33.2 Å². The monoisotopic (exact) mass is 265 g/mol. The molecule has 1 heterocycles. The van der Waals surface area contributed by atoms with Crippen molar-refractivity contribution in [3.05, 3.63) is 29.0 Å². The zero-order valence-electron chi connectivity index (χ0n) is 11.0. The van der Waals surface area contributed by atoms with Crippen LogP contribution in [0.4, 0.5) is 0 Å².